The second kappa shape index (κ2) is 22.7. The molecule has 0 atom stereocenters. The van der Waals surface area contributed by atoms with Gasteiger partial charge < -0.3 is 9.50 Å². The molecule has 0 N–H and O–H groups in total. The standard InChI is InChI=1S/C21H42NO4S.K/c1-3-4-5-6-7-8-9-10-11-12-13-14-15-16-17-18-21(23)26-27(24,25)20-19-22-2;/h3-20H2,1-2H3;/q-1;+1. The molecule has 5 nitrogen and oxygen atoms in total. The summed E-state index contributed by atoms with van der Waals surface area (Å²) in [5.41, 5.74) is 0. The largest absolute Gasteiger partial charge is 1.00 e. The van der Waals surface area contributed by atoms with E-state index in [0.29, 0.717) is 6.42 Å². The van der Waals surface area contributed by atoms with Crippen LogP contribution in [0.3, 0.4) is 0 Å². The quantitative estimate of drug-likeness (QED) is 0.165. The normalized spacial score (nSPS) is 11.2. The predicted octanol–water partition coefficient (Wildman–Crippen LogP) is 3.13. The minimum atomic E-state index is -3.76. The Labute approximate surface area is 217 Å². The van der Waals surface area contributed by atoms with E-state index in [9.17, 15) is 13.2 Å². The fourth-order valence-electron chi connectivity index (χ4n) is 3.07. The van der Waals surface area contributed by atoms with Gasteiger partial charge in [0.1, 0.15) is 0 Å². The molecule has 0 radical (unpaired) electrons. The first kappa shape index (κ1) is 31.2. The van der Waals surface area contributed by atoms with E-state index < -0.39 is 16.1 Å². The number of carbonyl (C=O) groups excluding carboxylic acids is 1. The maximum absolute atomic E-state index is 11.5. The molecule has 0 spiro atoms. The zero-order valence-corrected chi connectivity index (χ0v) is 22.7. The average molecular weight is 444 g/mol. The Morgan fingerprint density at radius 1 is 0.750 bits per heavy atom. The zero-order chi connectivity index (χ0) is 20.2. The summed E-state index contributed by atoms with van der Waals surface area (Å²) in [5.74, 6) is -0.866. The van der Waals surface area contributed by atoms with Crippen LogP contribution in [0.15, 0.2) is 0 Å². The van der Waals surface area contributed by atoms with Crippen molar-refractivity contribution in [2.24, 2.45) is 0 Å². The number of carbonyl (C=O) groups is 1. The van der Waals surface area contributed by atoms with Crippen molar-refractivity contribution in [3.63, 3.8) is 0 Å². The molecule has 7 heteroatoms. The summed E-state index contributed by atoms with van der Waals surface area (Å²) in [6.45, 7) is 2.42. The van der Waals surface area contributed by atoms with Gasteiger partial charge in [-0.05, 0) is 6.42 Å². The van der Waals surface area contributed by atoms with E-state index >= 15 is 0 Å². The van der Waals surface area contributed by atoms with Crippen LogP contribution in [0.25, 0.3) is 5.32 Å². The second-order valence-corrected chi connectivity index (χ2v) is 9.15. The third-order valence-corrected chi connectivity index (χ3v) is 5.89. The second-order valence-electron chi connectivity index (χ2n) is 7.46. The zero-order valence-electron chi connectivity index (χ0n) is 18.7. The van der Waals surface area contributed by atoms with E-state index in [1.165, 1.54) is 84.1 Å². The number of hydrogen-bond donors (Lipinski definition) is 0. The molecular weight excluding hydrogens is 401 g/mol. The Bertz CT molecular complexity index is 444. The van der Waals surface area contributed by atoms with Gasteiger partial charge in [-0.25, -0.2) is 0 Å². The van der Waals surface area contributed by atoms with E-state index in [4.69, 9.17) is 0 Å². The van der Waals surface area contributed by atoms with Crippen molar-refractivity contribution >= 4 is 16.1 Å². The first-order valence-corrected chi connectivity index (χ1v) is 12.6. The Morgan fingerprint density at radius 2 is 1.14 bits per heavy atom. The molecule has 0 heterocycles. The maximum atomic E-state index is 11.5. The van der Waals surface area contributed by atoms with Gasteiger partial charge >= 0.3 is 67.5 Å². The van der Waals surface area contributed by atoms with E-state index in [-0.39, 0.29) is 70.1 Å². The molecule has 0 aromatic carbocycles. The van der Waals surface area contributed by atoms with Gasteiger partial charge in [-0.2, -0.15) is 15.5 Å². The molecule has 0 aliphatic carbocycles. The van der Waals surface area contributed by atoms with Gasteiger partial charge in [-0.1, -0.05) is 96.8 Å². The van der Waals surface area contributed by atoms with Crippen molar-refractivity contribution in [1.29, 1.82) is 0 Å². The van der Waals surface area contributed by atoms with Gasteiger partial charge in [0.25, 0.3) is 0 Å². The van der Waals surface area contributed by atoms with Crippen LogP contribution in [-0.2, 0) is 19.1 Å². The van der Waals surface area contributed by atoms with Crippen molar-refractivity contribution in [3.8, 4) is 0 Å². The van der Waals surface area contributed by atoms with Gasteiger partial charge in [-0.3, -0.25) is 4.79 Å². The first-order valence-electron chi connectivity index (χ1n) is 11.0. The van der Waals surface area contributed by atoms with E-state index in [1.54, 1.807) is 0 Å². The minimum absolute atomic E-state index is 0. The van der Waals surface area contributed by atoms with Crippen LogP contribution in [0, 0.1) is 0 Å². The summed E-state index contributed by atoms with van der Waals surface area (Å²) >= 11 is 0. The molecule has 0 rings (SSSR count). The van der Waals surface area contributed by atoms with Gasteiger partial charge in [0.2, 0.25) is 0 Å². The molecule has 0 saturated heterocycles. The average Bonchev–Trinajstić information content (AvgIpc) is 2.63. The van der Waals surface area contributed by atoms with Gasteiger partial charge in [0, 0.05) is 6.42 Å². The topological polar surface area (TPSA) is 74.5 Å². The molecule has 0 saturated carbocycles. The minimum Gasteiger partial charge on any atom is -0.664 e. The molecular formula is C21H42KNO4S. The van der Waals surface area contributed by atoms with Crippen molar-refractivity contribution in [3.05, 3.63) is 5.32 Å². The Morgan fingerprint density at radius 3 is 1.54 bits per heavy atom. The Balaban J connectivity index is 0. The fraction of sp³-hybridized carbons (Fsp3) is 0.952. The molecule has 0 aromatic heterocycles. The van der Waals surface area contributed by atoms with Crippen LogP contribution < -0.4 is 51.4 Å². The van der Waals surface area contributed by atoms with E-state index in [1.807, 2.05) is 0 Å². The van der Waals surface area contributed by atoms with Crippen molar-refractivity contribution < 1.29 is 68.8 Å². The van der Waals surface area contributed by atoms with E-state index in [2.05, 4.69) is 16.4 Å². The van der Waals surface area contributed by atoms with Gasteiger partial charge in [0.15, 0.2) is 0 Å². The monoisotopic (exact) mass is 443 g/mol. The summed E-state index contributed by atoms with van der Waals surface area (Å²) in [7, 11) is -2.22. The van der Waals surface area contributed by atoms with Gasteiger partial charge in [-0.15, -0.1) is 6.54 Å². The smallest absolute Gasteiger partial charge is 0.664 e. The summed E-state index contributed by atoms with van der Waals surface area (Å²) in [4.78, 5) is 11.5. The van der Waals surface area contributed by atoms with E-state index in [0.717, 1.165) is 12.8 Å². The molecule has 0 amide bonds. The third kappa shape index (κ3) is 23.3. The Kier molecular flexibility index (Phi) is 25.3. The Hall–Kier alpha value is 1.02. The number of unbranched alkanes of at least 4 members (excludes halogenated alkanes) is 14. The fourth-order valence-corrected chi connectivity index (χ4v) is 3.92. The van der Waals surface area contributed by atoms with Crippen LogP contribution in [0.2, 0.25) is 0 Å². The van der Waals surface area contributed by atoms with Crippen molar-refractivity contribution in [1.82, 2.24) is 0 Å². The maximum Gasteiger partial charge on any atom is 1.00 e. The number of nitrogens with zero attached hydrogens (tertiary/aromatic N) is 1. The van der Waals surface area contributed by atoms with Gasteiger partial charge in [0.05, 0.1) is 5.75 Å². The number of rotatable bonds is 20. The molecule has 162 valence electrons. The molecule has 0 bridgehead atoms. The third-order valence-electron chi connectivity index (χ3n) is 4.77. The molecule has 0 aliphatic heterocycles. The van der Waals surface area contributed by atoms with Crippen molar-refractivity contribution in [2.75, 3.05) is 19.3 Å². The summed E-state index contributed by atoms with van der Waals surface area (Å²) in [6.07, 6.45) is 19.1. The molecule has 0 fully saturated rings. The van der Waals surface area contributed by atoms with Crippen LogP contribution in [0.1, 0.15) is 110 Å². The summed E-state index contributed by atoms with van der Waals surface area (Å²) in [5, 5.41) is 3.70. The first-order chi connectivity index (χ1) is 13.0. The van der Waals surface area contributed by atoms with Crippen LogP contribution in [0.4, 0.5) is 0 Å². The van der Waals surface area contributed by atoms with Crippen LogP contribution in [0.5, 0.6) is 0 Å². The number of hydrogen-bond acceptors (Lipinski definition) is 4. The summed E-state index contributed by atoms with van der Waals surface area (Å²) < 4.78 is 27.4. The van der Waals surface area contributed by atoms with Crippen LogP contribution in [-0.4, -0.2) is 33.7 Å². The predicted molar refractivity (Wildman–Crippen MR) is 114 cm³/mol. The summed E-state index contributed by atoms with van der Waals surface area (Å²) in [6, 6.07) is 0. The molecule has 0 unspecified atom stereocenters. The molecule has 0 aromatic rings. The molecule has 0 aliphatic rings. The molecule has 28 heavy (non-hydrogen) atoms. The SMILES string of the molecule is CCCCCCCCCCCCCCCCCC(=O)OS(=O)(=O)CC[N-]C.[K+]. The van der Waals surface area contributed by atoms with Crippen LogP contribution >= 0.6 is 0 Å². The van der Waals surface area contributed by atoms with Crippen molar-refractivity contribution in [2.45, 2.75) is 110 Å².